The van der Waals surface area contributed by atoms with Crippen LogP contribution in [0.25, 0.3) is 10.4 Å². The van der Waals surface area contributed by atoms with E-state index in [0.717, 1.165) is 4.57 Å². The molecule has 1 unspecified atom stereocenters. The SMILES string of the molecule is [N-]=[N+]=N[C@]1(CO)O[C@@H](n2ccc(N)nc2=O)CC1O. The van der Waals surface area contributed by atoms with Gasteiger partial charge >= 0.3 is 5.69 Å². The van der Waals surface area contributed by atoms with Crippen LogP contribution in [0.1, 0.15) is 12.6 Å². The number of hydrogen-bond acceptors (Lipinski definition) is 7. The second-order valence-electron chi connectivity index (χ2n) is 4.06. The molecule has 0 spiro atoms. The smallest absolute Gasteiger partial charge is 0.351 e. The minimum Gasteiger partial charge on any atom is -0.393 e. The molecule has 1 fully saturated rings. The van der Waals surface area contributed by atoms with E-state index in [1.165, 1.54) is 12.3 Å². The van der Waals surface area contributed by atoms with E-state index in [2.05, 4.69) is 15.0 Å². The molecule has 0 saturated carbocycles. The first-order valence-electron chi connectivity index (χ1n) is 5.40. The Bertz CT molecular complexity index is 582. The molecule has 0 radical (unpaired) electrons. The highest BCUT2D eigenvalue weighted by Gasteiger charge is 2.48. The van der Waals surface area contributed by atoms with Gasteiger partial charge in [-0.3, -0.25) is 4.57 Å². The van der Waals surface area contributed by atoms with Crippen LogP contribution < -0.4 is 11.4 Å². The van der Waals surface area contributed by atoms with Crippen LogP contribution in [0.3, 0.4) is 0 Å². The summed E-state index contributed by atoms with van der Waals surface area (Å²) in [6.07, 6.45) is -0.799. The summed E-state index contributed by atoms with van der Waals surface area (Å²) in [6, 6.07) is 1.39. The molecule has 1 aliphatic rings. The first kappa shape index (κ1) is 13.3. The Balaban J connectivity index is 2.35. The maximum absolute atomic E-state index is 11.6. The number of hydrogen-bond donors (Lipinski definition) is 3. The Morgan fingerprint density at radius 3 is 3.11 bits per heavy atom. The van der Waals surface area contributed by atoms with Gasteiger partial charge in [0.2, 0.25) is 0 Å². The number of nitrogens with two attached hydrogens (primary N) is 1. The zero-order valence-corrected chi connectivity index (χ0v) is 9.75. The van der Waals surface area contributed by atoms with Gasteiger partial charge in [0.1, 0.15) is 12.0 Å². The van der Waals surface area contributed by atoms with E-state index in [0.29, 0.717) is 0 Å². The van der Waals surface area contributed by atoms with Crippen molar-refractivity contribution in [1.82, 2.24) is 9.55 Å². The van der Waals surface area contributed by atoms with Crippen LogP contribution in [0.2, 0.25) is 0 Å². The number of aromatic nitrogens is 2. The van der Waals surface area contributed by atoms with Gasteiger partial charge in [0, 0.05) is 17.5 Å². The topological polar surface area (TPSA) is 159 Å². The lowest BCUT2D eigenvalue weighted by molar-refractivity contribution is -0.124. The highest BCUT2D eigenvalue weighted by Crippen LogP contribution is 2.37. The monoisotopic (exact) mass is 268 g/mol. The summed E-state index contributed by atoms with van der Waals surface area (Å²) in [6.45, 7) is -0.703. The number of rotatable bonds is 3. The minimum absolute atomic E-state index is 0.0227. The molecular weight excluding hydrogens is 256 g/mol. The Labute approximate surface area is 106 Å². The molecule has 0 bridgehead atoms. The molecule has 0 aliphatic carbocycles. The first-order valence-corrected chi connectivity index (χ1v) is 5.40. The van der Waals surface area contributed by atoms with Gasteiger partial charge in [-0.15, -0.1) is 0 Å². The van der Waals surface area contributed by atoms with Crippen molar-refractivity contribution in [3.8, 4) is 0 Å². The van der Waals surface area contributed by atoms with Crippen molar-refractivity contribution in [2.75, 3.05) is 12.3 Å². The van der Waals surface area contributed by atoms with Gasteiger partial charge in [0.15, 0.2) is 5.72 Å². The molecule has 2 heterocycles. The maximum atomic E-state index is 11.6. The molecule has 0 aromatic carbocycles. The molecule has 1 aliphatic heterocycles. The lowest BCUT2D eigenvalue weighted by atomic mass is 10.1. The number of aliphatic hydroxyl groups is 2. The summed E-state index contributed by atoms with van der Waals surface area (Å²) in [4.78, 5) is 17.7. The second-order valence-corrected chi connectivity index (χ2v) is 4.06. The molecule has 3 atom stereocenters. The van der Waals surface area contributed by atoms with Gasteiger partial charge in [-0.2, -0.15) is 4.98 Å². The third-order valence-corrected chi connectivity index (χ3v) is 2.89. The normalized spacial score (nSPS) is 30.0. The van der Waals surface area contributed by atoms with E-state index in [1.54, 1.807) is 0 Å². The fraction of sp³-hybridized carbons (Fsp3) is 0.556. The maximum Gasteiger partial charge on any atom is 0.351 e. The molecule has 2 rings (SSSR count). The lowest BCUT2D eigenvalue weighted by Crippen LogP contribution is -2.40. The van der Waals surface area contributed by atoms with Gasteiger partial charge < -0.3 is 20.7 Å². The third kappa shape index (κ3) is 2.25. The van der Waals surface area contributed by atoms with Crippen LogP contribution in [0.15, 0.2) is 22.2 Å². The van der Waals surface area contributed by atoms with Crippen LogP contribution in [0.4, 0.5) is 5.82 Å². The van der Waals surface area contributed by atoms with Gasteiger partial charge in [-0.25, -0.2) is 4.79 Å². The molecule has 1 saturated heterocycles. The zero-order valence-electron chi connectivity index (χ0n) is 9.75. The average Bonchev–Trinajstić information content (AvgIpc) is 2.67. The van der Waals surface area contributed by atoms with Crippen molar-refractivity contribution in [3.05, 3.63) is 33.2 Å². The molecular formula is C9H12N6O4. The van der Waals surface area contributed by atoms with E-state index < -0.39 is 30.4 Å². The average molecular weight is 268 g/mol. The van der Waals surface area contributed by atoms with E-state index in [-0.39, 0.29) is 12.2 Å². The second kappa shape index (κ2) is 4.86. The number of nitrogens with zero attached hydrogens (tertiary/aromatic N) is 5. The van der Waals surface area contributed by atoms with Crippen molar-refractivity contribution in [1.29, 1.82) is 0 Å². The number of aliphatic hydroxyl groups excluding tert-OH is 2. The molecule has 0 amide bonds. The number of ether oxygens (including phenoxy) is 1. The number of azide groups is 1. The molecule has 10 nitrogen and oxygen atoms in total. The van der Waals surface area contributed by atoms with Crippen LogP contribution in [0.5, 0.6) is 0 Å². The van der Waals surface area contributed by atoms with Gasteiger partial charge in [-0.05, 0) is 11.6 Å². The fourth-order valence-corrected chi connectivity index (χ4v) is 1.89. The minimum atomic E-state index is -1.79. The molecule has 19 heavy (non-hydrogen) atoms. The predicted octanol–water partition coefficient (Wildman–Crippen LogP) is -0.896. The van der Waals surface area contributed by atoms with Crippen LogP contribution in [0, 0.1) is 0 Å². The summed E-state index contributed by atoms with van der Waals surface area (Å²) < 4.78 is 6.42. The first-order chi connectivity index (χ1) is 9.02. The van der Waals surface area contributed by atoms with Crippen molar-refractivity contribution in [3.63, 3.8) is 0 Å². The van der Waals surface area contributed by atoms with E-state index in [4.69, 9.17) is 16.0 Å². The van der Waals surface area contributed by atoms with Crippen LogP contribution in [-0.4, -0.2) is 38.2 Å². The molecule has 4 N–H and O–H groups in total. The molecule has 10 heteroatoms. The number of anilines is 1. The van der Waals surface area contributed by atoms with Crippen molar-refractivity contribution in [2.45, 2.75) is 24.5 Å². The summed E-state index contributed by atoms with van der Waals surface area (Å²) >= 11 is 0. The molecule has 1 aromatic rings. The Hall–Kier alpha value is -2.13. The van der Waals surface area contributed by atoms with Gasteiger partial charge in [0.05, 0.1) is 12.7 Å². The van der Waals surface area contributed by atoms with Crippen molar-refractivity contribution < 1.29 is 14.9 Å². The van der Waals surface area contributed by atoms with Crippen LogP contribution in [-0.2, 0) is 4.74 Å². The Morgan fingerprint density at radius 2 is 2.53 bits per heavy atom. The van der Waals surface area contributed by atoms with Crippen molar-refractivity contribution in [2.24, 2.45) is 5.11 Å². The summed E-state index contributed by atoms with van der Waals surface area (Å²) in [5.74, 6) is 0.0586. The Kier molecular flexibility index (Phi) is 3.40. The van der Waals surface area contributed by atoms with E-state index in [9.17, 15) is 15.0 Å². The fourth-order valence-electron chi connectivity index (χ4n) is 1.89. The van der Waals surface area contributed by atoms with Gasteiger partial charge in [-0.1, -0.05) is 5.11 Å². The quantitative estimate of drug-likeness (QED) is 0.366. The standard InChI is InChI=1S/C9H12N6O4/c10-6-1-2-15(8(18)12-6)7-3-5(17)9(4-16,19-7)13-14-11/h1-2,5,7,16-17H,3-4H2,(H2,10,12,18)/t5?,7-,9-/m1/s1. The summed E-state index contributed by atoms with van der Waals surface area (Å²) in [7, 11) is 0. The largest absolute Gasteiger partial charge is 0.393 e. The van der Waals surface area contributed by atoms with Gasteiger partial charge in [0.25, 0.3) is 0 Å². The molecule has 1 aromatic heterocycles. The zero-order chi connectivity index (χ0) is 14.0. The van der Waals surface area contributed by atoms with Crippen LogP contribution >= 0.6 is 0 Å². The Morgan fingerprint density at radius 1 is 1.79 bits per heavy atom. The number of nitrogen functional groups attached to an aromatic ring is 1. The summed E-state index contributed by atoms with van der Waals surface area (Å²) in [5.41, 5.74) is 11.4. The third-order valence-electron chi connectivity index (χ3n) is 2.89. The van der Waals surface area contributed by atoms with E-state index in [1.807, 2.05) is 0 Å². The van der Waals surface area contributed by atoms with Crippen molar-refractivity contribution >= 4 is 5.82 Å². The molecule has 102 valence electrons. The predicted molar refractivity (Wildman–Crippen MR) is 62.6 cm³/mol. The summed E-state index contributed by atoms with van der Waals surface area (Å²) in [5, 5.41) is 22.3. The highest BCUT2D eigenvalue weighted by atomic mass is 16.6. The lowest BCUT2D eigenvalue weighted by Gasteiger charge is -2.24. The van der Waals surface area contributed by atoms with E-state index >= 15 is 0 Å². The highest BCUT2D eigenvalue weighted by molar-refractivity contribution is 5.23.